The van der Waals surface area contributed by atoms with Crippen LogP contribution in [0.15, 0.2) is 132 Å². The number of hydrogen-bond donors (Lipinski definition) is 0. The maximum atomic E-state index is 9.21. The molecule has 2 aliphatic rings. The molecular formula is C62H73Cl2SiZr. The number of allylic oxidation sites excluding steroid dienone is 2. The van der Waals surface area contributed by atoms with Crippen molar-refractivity contribution in [2.24, 2.45) is 11.8 Å². The summed E-state index contributed by atoms with van der Waals surface area (Å²) in [5, 5.41) is 0. The molecule has 0 amide bonds. The summed E-state index contributed by atoms with van der Waals surface area (Å²) >= 11 is -5.23. The summed E-state index contributed by atoms with van der Waals surface area (Å²) in [6.45, 7) is 33.1. The van der Waals surface area contributed by atoms with Gasteiger partial charge in [-0.3, -0.25) is 0 Å². The molecular weight excluding hydrogens is 935 g/mol. The molecule has 0 aromatic heterocycles. The van der Waals surface area contributed by atoms with Crippen LogP contribution in [0.1, 0.15) is 159 Å². The van der Waals surface area contributed by atoms with Gasteiger partial charge in [0.15, 0.2) is 0 Å². The van der Waals surface area contributed by atoms with Crippen molar-refractivity contribution in [3.05, 3.63) is 177 Å². The SMILES string of the molecule is CC(C)C1=Cc2c(ccc(-c3ccccc3)c2-c2cc(C(C)C)cc(C(C)C)c2)[CH]1[Zr]([Cl])([Cl])([CH]1C(C(C)C)=Cc2c1ccc(-c1ccccc1)c2-c1cc(C(C)C)cc(C(C)C)c1)[SiH](C)C. The molecule has 0 spiro atoms. The summed E-state index contributed by atoms with van der Waals surface area (Å²) in [5.41, 5.74) is 23.9. The standard InChI is InChI=1S/2C30H33.C2H7Si.2ClH.Zr/c2*1-19(2)24-15-25(20(3)4)17-27(16-24)30-28(22-10-8-7-9-11-22)13-12-23-14-26(21(5)6)18-29(23)30;1-3-2;;;/h2*7-21H,1-6H3;3H,1-2H3;2*1H;/q;;;;;+2/p-2. The molecule has 0 saturated heterocycles. The first kappa shape index (κ1) is 48.9. The van der Waals surface area contributed by atoms with E-state index < -0.39 is 21.5 Å². The zero-order valence-electron chi connectivity index (χ0n) is 42.2. The predicted octanol–water partition coefficient (Wildman–Crippen LogP) is 19.7. The van der Waals surface area contributed by atoms with E-state index in [0.29, 0.717) is 23.7 Å². The van der Waals surface area contributed by atoms with Crippen LogP contribution >= 0.6 is 17.0 Å². The van der Waals surface area contributed by atoms with Crippen LogP contribution in [0.5, 0.6) is 0 Å². The minimum absolute atomic E-state index is 0.0231. The van der Waals surface area contributed by atoms with E-state index in [1.54, 1.807) is 0 Å². The first-order valence-corrected chi connectivity index (χ1v) is 41.3. The van der Waals surface area contributed by atoms with Crippen molar-refractivity contribution in [3.8, 4) is 44.5 Å². The van der Waals surface area contributed by atoms with Gasteiger partial charge in [0.1, 0.15) is 0 Å². The number of hydrogen-bond acceptors (Lipinski definition) is 0. The Morgan fingerprint density at radius 1 is 0.394 bits per heavy atom. The minimum atomic E-state index is -5.23. The summed E-state index contributed by atoms with van der Waals surface area (Å²) < 4.78 is -0.0462. The van der Waals surface area contributed by atoms with Crippen molar-refractivity contribution in [1.82, 2.24) is 0 Å². The average molecular weight is 1010 g/mol. The molecule has 66 heavy (non-hydrogen) atoms. The second kappa shape index (κ2) is 18.8. The van der Waals surface area contributed by atoms with Crippen LogP contribution in [-0.4, -0.2) is 5.92 Å². The van der Waals surface area contributed by atoms with E-state index in [4.69, 9.17) is 0 Å². The van der Waals surface area contributed by atoms with Gasteiger partial charge in [-0.2, -0.15) is 0 Å². The molecule has 0 radical (unpaired) electrons. The number of benzene rings is 6. The molecule has 0 heterocycles. The number of halogens is 2. The molecule has 0 N–H and O–H groups in total. The summed E-state index contributed by atoms with van der Waals surface area (Å²) in [6.07, 6.45) is 5.14. The molecule has 343 valence electrons. The fourth-order valence-corrected chi connectivity index (χ4v) is 42.8. The Kier molecular flexibility index (Phi) is 13.9. The van der Waals surface area contributed by atoms with Crippen LogP contribution in [0.25, 0.3) is 56.7 Å². The third kappa shape index (κ3) is 8.52. The molecule has 2 atom stereocenters. The van der Waals surface area contributed by atoms with Crippen molar-refractivity contribution >= 4 is 35.1 Å². The molecule has 0 aliphatic heterocycles. The molecule has 0 bridgehead atoms. The van der Waals surface area contributed by atoms with Gasteiger partial charge in [0, 0.05) is 0 Å². The van der Waals surface area contributed by atoms with Gasteiger partial charge in [-0.05, 0) is 0 Å². The maximum absolute atomic E-state index is 9.21. The fraction of sp³-hybridized carbons (Fsp3) is 0.355. The van der Waals surface area contributed by atoms with Gasteiger partial charge in [-0.15, -0.1) is 0 Å². The number of fused-ring (bicyclic) bond motifs is 2. The van der Waals surface area contributed by atoms with Gasteiger partial charge >= 0.3 is 411 Å². The van der Waals surface area contributed by atoms with Gasteiger partial charge in [-0.1, -0.05) is 0 Å². The molecule has 4 heteroatoms. The average Bonchev–Trinajstić information content (AvgIpc) is 3.90. The van der Waals surface area contributed by atoms with Gasteiger partial charge in [0.25, 0.3) is 0 Å². The van der Waals surface area contributed by atoms with Gasteiger partial charge in [0.2, 0.25) is 0 Å². The Hall–Kier alpha value is -3.52. The second-order valence-electron chi connectivity index (χ2n) is 22.0. The molecule has 2 aliphatic carbocycles. The van der Waals surface area contributed by atoms with Crippen molar-refractivity contribution < 1.29 is 15.6 Å². The first-order valence-electron chi connectivity index (χ1n) is 25.0. The Morgan fingerprint density at radius 2 is 0.712 bits per heavy atom. The van der Waals surface area contributed by atoms with Crippen molar-refractivity contribution in [2.45, 2.75) is 127 Å². The Morgan fingerprint density at radius 3 is 0.985 bits per heavy atom. The van der Waals surface area contributed by atoms with E-state index in [1.807, 2.05) is 0 Å². The van der Waals surface area contributed by atoms with Crippen molar-refractivity contribution in [2.75, 3.05) is 0 Å². The predicted molar refractivity (Wildman–Crippen MR) is 293 cm³/mol. The van der Waals surface area contributed by atoms with E-state index >= 15 is 0 Å². The van der Waals surface area contributed by atoms with Crippen LogP contribution < -0.4 is 0 Å². The molecule has 0 saturated carbocycles. The Bertz CT molecular complexity index is 2600. The summed E-state index contributed by atoms with van der Waals surface area (Å²) in [5.74, 6) is 0.285. The summed E-state index contributed by atoms with van der Waals surface area (Å²) in [4.78, 5) is 0. The quantitative estimate of drug-likeness (QED) is 0.101. The van der Waals surface area contributed by atoms with Crippen LogP contribution in [0.4, 0.5) is 0 Å². The molecule has 2 unspecified atom stereocenters. The first-order chi connectivity index (χ1) is 31.2. The molecule has 8 rings (SSSR count). The fourth-order valence-electron chi connectivity index (χ4n) is 11.3. The molecule has 6 aromatic carbocycles. The third-order valence-corrected chi connectivity index (χ3v) is 67.0. The normalized spacial score (nSPS) is 16.7. The van der Waals surface area contributed by atoms with Crippen LogP contribution in [0.3, 0.4) is 0 Å². The van der Waals surface area contributed by atoms with Crippen LogP contribution in [0.2, 0.25) is 13.1 Å². The van der Waals surface area contributed by atoms with Gasteiger partial charge in [-0.25, -0.2) is 0 Å². The van der Waals surface area contributed by atoms with E-state index in [2.05, 4.69) is 230 Å². The van der Waals surface area contributed by atoms with Crippen molar-refractivity contribution in [1.29, 1.82) is 0 Å². The molecule has 0 nitrogen and oxygen atoms in total. The zero-order chi connectivity index (χ0) is 47.6. The van der Waals surface area contributed by atoms with Gasteiger partial charge in [0.05, 0.1) is 0 Å². The van der Waals surface area contributed by atoms with E-state index in [0.717, 1.165) is 0 Å². The van der Waals surface area contributed by atoms with E-state index in [1.165, 1.54) is 100 Å². The summed E-state index contributed by atoms with van der Waals surface area (Å²) in [6, 6.07) is 46.5. The second-order valence-corrected chi connectivity index (χ2v) is 64.5. The number of rotatable bonds is 13. The van der Waals surface area contributed by atoms with E-state index in [9.17, 15) is 17.0 Å². The van der Waals surface area contributed by atoms with Crippen molar-refractivity contribution in [3.63, 3.8) is 0 Å². The third-order valence-electron chi connectivity index (χ3n) is 15.4. The Balaban J connectivity index is 1.45. The van der Waals surface area contributed by atoms with Crippen LogP contribution in [-0.2, 0) is 15.6 Å². The molecule has 6 aromatic rings. The Labute approximate surface area is 407 Å². The topological polar surface area (TPSA) is 0 Å². The van der Waals surface area contributed by atoms with Crippen LogP contribution in [0, 0.1) is 11.8 Å². The van der Waals surface area contributed by atoms with Gasteiger partial charge < -0.3 is 0 Å². The summed E-state index contributed by atoms with van der Waals surface area (Å²) in [7, 11) is 18.4. The molecule has 0 fully saturated rings. The van der Waals surface area contributed by atoms with E-state index in [-0.39, 0.29) is 19.1 Å². The monoisotopic (exact) mass is 1010 g/mol. The zero-order valence-corrected chi connectivity index (χ0v) is 47.3.